The summed E-state index contributed by atoms with van der Waals surface area (Å²) in [6.45, 7) is 2.37. The molecular formula is C13H14ClFN2O2. The highest BCUT2D eigenvalue weighted by atomic mass is 35.5. The zero-order chi connectivity index (χ0) is 14.4. The molecule has 0 radical (unpaired) electrons. The molecule has 0 saturated heterocycles. The van der Waals surface area contributed by atoms with Gasteiger partial charge in [0, 0.05) is 17.1 Å². The van der Waals surface area contributed by atoms with Crippen molar-refractivity contribution in [3.05, 3.63) is 34.6 Å². The van der Waals surface area contributed by atoms with Crippen molar-refractivity contribution in [1.82, 2.24) is 4.90 Å². The molecule has 0 aliphatic heterocycles. The van der Waals surface area contributed by atoms with Gasteiger partial charge in [-0.15, -0.1) is 0 Å². The van der Waals surface area contributed by atoms with Gasteiger partial charge in [0.2, 0.25) is 0 Å². The lowest BCUT2D eigenvalue weighted by Crippen LogP contribution is -2.30. The maximum absolute atomic E-state index is 13.8. The molecule has 0 fully saturated rings. The van der Waals surface area contributed by atoms with Crippen LogP contribution in [0.15, 0.2) is 18.2 Å². The molecule has 4 nitrogen and oxygen atoms in total. The molecular weight excluding hydrogens is 271 g/mol. The maximum Gasteiger partial charge on any atom is 0.304 e. The molecule has 0 amide bonds. The number of benzene rings is 1. The Morgan fingerprint density at radius 3 is 2.79 bits per heavy atom. The third-order valence-electron chi connectivity index (χ3n) is 2.78. The van der Waals surface area contributed by atoms with Crippen LogP contribution in [-0.2, 0) is 4.79 Å². The molecule has 0 aliphatic carbocycles. The Morgan fingerprint density at radius 2 is 2.32 bits per heavy atom. The molecule has 1 atom stereocenters. The average molecular weight is 285 g/mol. The van der Waals surface area contributed by atoms with Crippen molar-refractivity contribution in [2.24, 2.45) is 0 Å². The summed E-state index contributed by atoms with van der Waals surface area (Å²) in [7, 11) is 0. The van der Waals surface area contributed by atoms with E-state index >= 15 is 0 Å². The van der Waals surface area contributed by atoms with Gasteiger partial charge in [0.1, 0.15) is 11.9 Å². The zero-order valence-electron chi connectivity index (χ0n) is 10.4. The highest BCUT2D eigenvalue weighted by Crippen LogP contribution is 2.29. The second kappa shape index (κ2) is 7.07. The van der Waals surface area contributed by atoms with Crippen molar-refractivity contribution in [2.75, 3.05) is 13.1 Å². The minimum absolute atomic E-state index is 0.0962. The summed E-state index contributed by atoms with van der Waals surface area (Å²) in [6.07, 6.45) is -0.113. The molecule has 0 aliphatic rings. The van der Waals surface area contributed by atoms with Gasteiger partial charge in [-0.2, -0.15) is 5.26 Å². The third kappa shape index (κ3) is 3.91. The van der Waals surface area contributed by atoms with Gasteiger partial charge >= 0.3 is 5.97 Å². The zero-order valence-corrected chi connectivity index (χ0v) is 11.2. The first-order valence-corrected chi connectivity index (χ1v) is 6.18. The summed E-state index contributed by atoms with van der Waals surface area (Å²) in [4.78, 5) is 12.2. The van der Waals surface area contributed by atoms with Crippen LogP contribution in [0.1, 0.15) is 24.9 Å². The number of nitriles is 1. The number of carbonyl (C=O) groups is 1. The van der Waals surface area contributed by atoms with Gasteiger partial charge in [-0.25, -0.2) is 4.39 Å². The smallest absolute Gasteiger partial charge is 0.304 e. The van der Waals surface area contributed by atoms with Crippen molar-refractivity contribution in [1.29, 1.82) is 5.26 Å². The quantitative estimate of drug-likeness (QED) is 0.872. The van der Waals surface area contributed by atoms with Crippen LogP contribution in [-0.4, -0.2) is 29.1 Å². The van der Waals surface area contributed by atoms with Crippen LogP contribution < -0.4 is 0 Å². The molecule has 1 aromatic carbocycles. The second-order valence-corrected chi connectivity index (χ2v) is 4.35. The summed E-state index contributed by atoms with van der Waals surface area (Å²) in [5.41, 5.74) is 0.0962. The molecule has 0 saturated carbocycles. The predicted molar refractivity (Wildman–Crippen MR) is 69.3 cm³/mol. The van der Waals surface area contributed by atoms with E-state index in [-0.39, 0.29) is 23.6 Å². The number of aliphatic carboxylic acids is 1. The Labute approximate surface area is 116 Å². The Morgan fingerprint density at radius 1 is 1.63 bits per heavy atom. The lowest BCUT2D eigenvalue weighted by molar-refractivity contribution is -0.137. The first-order valence-electron chi connectivity index (χ1n) is 5.80. The van der Waals surface area contributed by atoms with Crippen molar-refractivity contribution in [2.45, 2.75) is 19.4 Å². The van der Waals surface area contributed by atoms with Gasteiger partial charge < -0.3 is 5.11 Å². The van der Waals surface area contributed by atoms with Gasteiger partial charge in [0.25, 0.3) is 0 Å². The molecule has 1 unspecified atom stereocenters. The van der Waals surface area contributed by atoms with Crippen LogP contribution in [0.3, 0.4) is 0 Å². The van der Waals surface area contributed by atoms with E-state index in [0.29, 0.717) is 6.54 Å². The van der Waals surface area contributed by atoms with Gasteiger partial charge in [0.05, 0.1) is 12.5 Å². The van der Waals surface area contributed by atoms with E-state index in [0.717, 1.165) is 0 Å². The lowest BCUT2D eigenvalue weighted by atomic mass is 10.1. The number of hydrogen-bond acceptors (Lipinski definition) is 3. The molecule has 1 rings (SSSR count). The summed E-state index contributed by atoms with van der Waals surface area (Å²) in [5.74, 6) is -1.53. The number of hydrogen-bond donors (Lipinski definition) is 1. The van der Waals surface area contributed by atoms with E-state index in [1.807, 2.05) is 6.07 Å². The normalized spacial score (nSPS) is 12.2. The minimum atomic E-state index is -0.963. The van der Waals surface area contributed by atoms with Gasteiger partial charge in [-0.1, -0.05) is 24.6 Å². The highest BCUT2D eigenvalue weighted by molar-refractivity contribution is 6.31. The average Bonchev–Trinajstić information content (AvgIpc) is 2.36. The van der Waals surface area contributed by atoms with E-state index in [1.54, 1.807) is 11.8 Å². The van der Waals surface area contributed by atoms with Gasteiger partial charge in [-0.05, 0) is 18.7 Å². The lowest BCUT2D eigenvalue weighted by Gasteiger charge is -2.26. The number of carboxylic acid groups (broad SMARTS) is 1. The fourth-order valence-electron chi connectivity index (χ4n) is 1.81. The van der Waals surface area contributed by atoms with Crippen molar-refractivity contribution >= 4 is 17.6 Å². The van der Waals surface area contributed by atoms with Crippen LogP contribution in [0.2, 0.25) is 5.02 Å². The van der Waals surface area contributed by atoms with Crippen LogP contribution in [0.25, 0.3) is 0 Å². The van der Waals surface area contributed by atoms with Crippen LogP contribution in [0.4, 0.5) is 4.39 Å². The molecule has 6 heteroatoms. The highest BCUT2D eigenvalue weighted by Gasteiger charge is 2.24. The van der Waals surface area contributed by atoms with E-state index in [4.69, 9.17) is 16.7 Å². The fourth-order valence-corrected chi connectivity index (χ4v) is 2.08. The first-order chi connectivity index (χ1) is 9.01. The number of rotatable bonds is 6. The largest absolute Gasteiger partial charge is 0.481 e. The van der Waals surface area contributed by atoms with Crippen molar-refractivity contribution < 1.29 is 14.3 Å². The van der Waals surface area contributed by atoms with Crippen LogP contribution >= 0.6 is 11.6 Å². The second-order valence-electron chi connectivity index (χ2n) is 3.94. The molecule has 0 aromatic heterocycles. The van der Waals surface area contributed by atoms with E-state index in [9.17, 15) is 14.4 Å². The molecule has 0 heterocycles. The summed E-state index contributed by atoms with van der Waals surface area (Å²) < 4.78 is 13.8. The first kappa shape index (κ1) is 15.4. The van der Waals surface area contributed by atoms with Gasteiger partial charge in [-0.3, -0.25) is 9.69 Å². The van der Waals surface area contributed by atoms with E-state index in [2.05, 4.69) is 0 Å². The Bertz CT molecular complexity index is 482. The Balaban J connectivity index is 3.04. The Kier molecular flexibility index (Phi) is 5.74. The monoisotopic (exact) mass is 284 g/mol. The van der Waals surface area contributed by atoms with E-state index in [1.165, 1.54) is 18.2 Å². The molecule has 1 aromatic rings. The number of halogens is 2. The van der Waals surface area contributed by atoms with Crippen LogP contribution in [0, 0.1) is 17.1 Å². The predicted octanol–water partition coefficient (Wildman–Crippen LogP) is 2.84. The SMILES string of the molecule is CCN(CCC(=O)O)C(C#N)c1c(F)cccc1Cl. The van der Waals surface area contributed by atoms with Gasteiger partial charge in [0.15, 0.2) is 0 Å². The molecule has 1 N–H and O–H groups in total. The van der Waals surface area contributed by atoms with Crippen molar-refractivity contribution in [3.8, 4) is 6.07 Å². The minimum Gasteiger partial charge on any atom is -0.481 e. The molecule has 19 heavy (non-hydrogen) atoms. The summed E-state index contributed by atoms with van der Waals surface area (Å²) in [6, 6.07) is 5.30. The molecule has 0 spiro atoms. The fraction of sp³-hybridized carbons (Fsp3) is 0.385. The number of carboxylic acids is 1. The van der Waals surface area contributed by atoms with Crippen molar-refractivity contribution in [3.63, 3.8) is 0 Å². The molecule has 102 valence electrons. The topological polar surface area (TPSA) is 64.3 Å². The summed E-state index contributed by atoms with van der Waals surface area (Å²) >= 11 is 5.93. The standard InChI is InChI=1S/C13H14ClFN2O2/c1-2-17(7-6-12(18)19)11(8-16)13-9(14)4-3-5-10(13)15/h3-5,11H,2,6-7H2,1H3,(H,18,19). The third-order valence-corrected chi connectivity index (χ3v) is 3.11. The Hall–Kier alpha value is -1.64. The molecule has 0 bridgehead atoms. The maximum atomic E-state index is 13.8. The van der Waals surface area contributed by atoms with E-state index < -0.39 is 17.8 Å². The number of nitrogens with zero attached hydrogens (tertiary/aromatic N) is 2. The summed E-state index contributed by atoms with van der Waals surface area (Å²) in [5, 5.41) is 18.1. The van der Waals surface area contributed by atoms with Crippen LogP contribution in [0.5, 0.6) is 0 Å².